The first-order valence-corrected chi connectivity index (χ1v) is 11.1. The molecule has 0 bridgehead atoms. The summed E-state index contributed by atoms with van der Waals surface area (Å²) in [5.74, 6) is 0.998. The lowest BCUT2D eigenvalue weighted by Crippen LogP contribution is -2.24. The summed E-state index contributed by atoms with van der Waals surface area (Å²) in [5, 5.41) is 17.1. The molecule has 0 atom stereocenters. The highest BCUT2D eigenvalue weighted by Gasteiger charge is 2.20. The second-order valence-electron chi connectivity index (χ2n) is 7.03. The highest BCUT2D eigenvalue weighted by atomic mass is 32.2. The summed E-state index contributed by atoms with van der Waals surface area (Å²) in [6.45, 7) is 3.26. The standard InChI is InChI=1S/C23H24N6OS/c1-3-29-22(19-15-28(2)27-21(19)18-12-8-5-9-13-18)25-26-23(29)31-16-20(30)24-14-17-10-6-4-7-11-17/h4-13,15H,3,14,16H2,1-2H3,(H,24,30). The van der Waals surface area contributed by atoms with E-state index in [0.717, 1.165) is 33.4 Å². The molecule has 0 aliphatic carbocycles. The third kappa shape index (κ3) is 4.86. The quantitative estimate of drug-likeness (QED) is 0.429. The molecule has 1 N–H and O–H groups in total. The normalized spacial score (nSPS) is 10.9. The molecule has 0 saturated carbocycles. The fraction of sp³-hybridized carbons (Fsp3) is 0.217. The molecule has 2 heterocycles. The van der Waals surface area contributed by atoms with Gasteiger partial charge in [-0.15, -0.1) is 10.2 Å². The van der Waals surface area contributed by atoms with Crippen molar-refractivity contribution >= 4 is 17.7 Å². The summed E-state index contributed by atoms with van der Waals surface area (Å²) >= 11 is 1.39. The number of rotatable bonds is 8. The zero-order valence-corrected chi connectivity index (χ0v) is 18.3. The molecule has 0 fully saturated rings. The highest BCUT2D eigenvalue weighted by Crippen LogP contribution is 2.31. The van der Waals surface area contributed by atoms with Crippen LogP contribution in [0.5, 0.6) is 0 Å². The van der Waals surface area contributed by atoms with Crippen molar-refractivity contribution < 1.29 is 4.79 Å². The van der Waals surface area contributed by atoms with Gasteiger partial charge in [-0.05, 0) is 12.5 Å². The van der Waals surface area contributed by atoms with Crippen LogP contribution in [0.25, 0.3) is 22.6 Å². The van der Waals surface area contributed by atoms with Gasteiger partial charge >= 0.3 is 0 Å². The van der Waals surface area contributed by atoms with Crippen LogP contribution in [0.4, 0.5) is 0 Å². The number of nitrogens with zero attached hydrogens (tertiary/aromatic N) is 5. The third-order valence-corrected chi connectivity index (χ3v) is 5.78. The number of carbonyl (C=O) groups excluding carboxylic acids is 1. The van der Waals surface area contributed by atoms with Gasteiger partial charge in [-0.25, -0.2) is 0 Å². The smallest absolute Gasteiger partial charge is 0.230 e. The Morgan fingerprint density at radius 3 is 2.45 bits per heavy atom. The van der Waals surface area contributed by atoms with Gasteiger partial charge in [0.1, 0.15) is 5.69 Å². The summed E-state index contributed by atoms with van der Waals surface area (Å²) < 4.78 is 3.81. The van der Waals surface area contributed by atoms with Crippen LogP contribution < -0.4 is 5.32 Å². The molecule has 2 aromatic heterocycles. The number of aromatic nitrogens is 5. The van der Waals surface area contributed by atoms with Crippen LogP contribution in [0.15, 0.2) is 72.0 Å². The van der Waals surface area contributed by atoms with Crippen molar-refractivity contribution in [2.45, 2.75) is 25.2 Å². The molecular formula is C23H24N6OS. The maximum atomic E-state index is 12.3. The van der Waals surface area contributed by atoms with E-state index in [1.165, 1.54) is 11.8 Å². The minimum Gasteiger partial charge on any atom is -0.351 e. The number of thioether (sulfide) groups is 1. The predicted molar refractivity (Wildman–Crippen MR) is 122 cm³/mol. The van der Waals surface area contributed by atoms with Gasteiger partial charge in [0.05, 0.1) is 11.3 Å². The van der Waals surface area contributed by atoms with Gasteiger partial charge in [0, 0.05) is 31.9 Å². The molecule has 31 heavy (non-hydrogen) atoms. The SMILES string of the molecule is CCn1c(SCC(=O)NCc2ccccc2)nnc1-c1cn(C)nc1-c1ccccc1. The van der Waals surface area contributed by atoms with Crippen LogP contribution in [0.2, 0.25) is 0 Å². The third-order valence-electron chi connectivity index (χ3n) is 4.81. The zero-order valence-electron chi connectivity index (χ0n) is 17.5. The second-order valence-corrected chi connectivity index (χ2v) is 7.98. The molecule has 4 aromatic rings. The maximum absolute atomic E-state index is 12.3. The van der Waals surface area contributed by atoms with E-state index in [1.54, 1.807) is 4.68 Å². The summed E-state index contributed by atoms with van der Waals surface area (Å²) in [6, 6.07) is 19.9. The van der Waals surface area contributed by atoms with Gasteiger partial charge in [-0.3, -0.25) is 9.48 Å². The molecule has 1 amide bonds. The molecule has 0 saturated heterocycles. The van der Waals surface area contributed by atoms with Crippen LogP contribution in [0, 0.1) is 0 Å². The number of benzene rings is 2. The van der Waals surface area contributed by atoms with Gasteiger partial charge in [0.15, 0.2) is 11.0 Å². The van der Waals surface area contributed by atoms with E-state index in [1.807, 2.05) is 85.4 Å². The van der Waals surface area contributed by atoms with Crippen LogP contribution >= 0.6 is 11.8 Å². The Morgan fingerprint density at radius 1 is 1.03 bits per heavy atom. The number of nitrogens with one attached hydrogen (secondary N) is 1. The molecule has 7 nitrogen and oxygen atoms in total. The van der Waals surface area contributed by atoms with Crippen LogP contribution in [-0.4, -0.2) is 36.2 Å². The Bertz CT molecular complexity index is 1150. The van der Waals surface area contributed by atoms with E-state index >= 15 is 0 Å². The average Bonchev–Trinajstić information content (AvgIpc) is 3.40. The van der Waals surface area contributed by atoms with Crippen molar-refractivity contribution in [1.29, 1.82) is 0 Å². The molecule has 0 radical (unpaired) electrons. The van der Waals surface area contributed by atoms with Crippen molar-refractivity contribution in [2.75, 3.05) is 5.75 Å². The van der Waals surface area contributed by atoms with Crippen LogP contribution in [0.3, 0.4) is 0 Å². The van der Waals surface area contributed by atoms with Gasteiger partial charge in [-0.2, -0.15) is 5.10 Å². The first-order chi connectivity index (χ1) is 15.2. The molecular weight excluding hydrogens is 408 g/mol. The van der Waals surface area contributed by atoms with Crippen molar-refractivity contribution in [3.05, 3.63) is 72.4 Å². The Labute approximate surface area is 185 Å². The highest BCUT2D eigenvalue weighted by molar-refractivity contribution is 7.99. The van der Waals surface area contributed by atoms with Gasteiger partial charge in [-0.1, -0.05) is 72.4 Å². The number of carbonyl (C=O) groups is 1. The summed E-state index contributed by atoms with van der Waals surface area (Å²) in [5.41, 5.74) is 3.88. The fourth-order valence-corrected chi connectivity index (χ4v) is 4.15. The molecule has 0 unspecified atom stereocenters. The lowest BCUT2D eigenvalue weighted by molar-refractivity contribution is -0.118. The van der Waals surface area contributed by atoms with Crippen molar-refractivity contribution in [1.82, 2.24) is 29.9 Å². The van der Waals surface area contributed by atoms with Crippen LogP contribution in [-0.2, 0) is 24.9 Å². The molecule has 0 aliphatic rings. The number of aryl methyl sites for hydroxylation is 1. The molecule has 0 aliphatic heterocycles. The van der Waals surface area contributed by atoms with E-state index in [2.05, 4.69) is 20.6 Å². The van der Waals surface area contributed by atoms with Crippen LogP contribution in [0.1, 0.15) is 12.5 Å². The molecule has 158 valence electrons. The van der Waals surface area contributed by atoms with Gasteiger partial charge in [0.25, 0.3) is 0 Å². The topological polar surface area (TPSA) is 77.6 Å². The Morgan fingerprint density at radius 2 is 1.74 bits per heavy atom. The van der Waals surface area contributed by atoms with Gasteiger partial charge in [0.2, 0.25) is 5.91 Å². The number of hydrogen-bond acceptors (Lipinski definition) is 5. The molecule has 8 heteroatoms. The Hall–Kier alpha value is -3.39. The number of hydrogen-bond donors (Lipinski definition) is 1. The Kier molecular flexibility index (Phi) is 6.47. The van der Waals surface area contributed by atoms with E-state index in [9.17, 15) is 4.79 Å². The second kappa shape index (κ2) is 9.61. The predicted octanol–water partition coefficient (Wildman–Crippen LogP) is 3.77. The molecule has 2 aromatic carbocycles. The minimum atomic E-state index is -0.0348. The lowest BCUT2D eigenvalue weighted by atomic mass is 10.1. The van der Waals surface area contributed by atoms with E-state index in [0.29, 0.717) is 13.1 Å². The fourth-order valence-electron chi connectivity index (χ4n) is 3.32. The van der Waals surface area contributed by atoms with E-state index in [4.69, 9.17) is 0 Å². The largest absolute Gasteiger partial charge is 0.351 e. The van der Waals surface area contributed by atoms with Crippen molar-refractivity contribution in [3.63, 3.8) is 0 Å². The van der Waals surface area contributed by atoms with E-state index < -0.39 is 0 Å². The Balaban J connectivity index is 1.49. The first kappa shape index (κ1) is 20.9. The summed E-state index contributed by atoms with van der Waals surface area (Å²) in [6.07, 6.45) is 1.96. The minimum absolute atomic E-state index is 0.0348. The maximum Gasteiger partial charge on any atom is 0.230 e. The van der Waals surface area contributed by atoms with Gasteiger partial charge < -0.3 is 9.88 Å². The first-order valence-electron chi connectivity index (χ1n) is 10.1. The average molecular weight is 433 g/mol. The summed E-state index contributed by atoms with van der Waals surface area (Å²) in [7, 11) is 1.90. The van der Waals surface area contributed by atoms with Crippen molar-refractivity contribution in [2.24, 2.45) is 7.05 Å². The molecule has 0 spiro atoms. The lowest BCUT2D eigenvalue weighted by Gasteiger charge is -2.08. The zero-order chi connectivity index (χ0) is 21.6. The van der Waals surface area contributed by atoms with E-state index in [-0.39, 0.29) is 11.7 Å². The molecule has 4 rings (SSSR count). The monoisotopic (exact) mass is 432 g/mol. The number of amides is 1. The van der Waals surface area contributed by atoms with Crippen molar-refractivity contribution in [3.8, 4) is 22.6 Å². The summed E-state index contributed by atoms with van der Waals surface area (Å²) in [4.78, 5) is 12.3.